The minimum absolute atomic E-state index is 0.00430. The Morgan fingerprint density at radius 1 is 1.39 bits per heavy atom. The molecule has 0 saturated carbocycles. The van der Waals surface area contributed by atoms with E-state index in [-0.39, 0.29) is 23.6 Å². The number of hydrogen-bond acceptors (Lipinski definition) is 7. The number of nitrogens with two attached hydrogens (primary N) is 1. The van der Waals surface area contributed by atoms with Gasteiger partial charge in [-0.3, -0.25) is 0 Å². The Hall–Kier alpha value is -2.98. The number of nitrogens with zero attached hydrogens (tertiary/aromatic N) is 2. The number of esters is 1. The van der Waals surface area contributed by atoms with Crippen LogP contribution in [0, 0.1) is 11.3 Å². The summed E-state index contributed by atoms with van der Waals surface area (Å²) in [6.07, 6.45) is 0.887. The summed E-state index contributed by atoms with van der Waals surface area (Å²) in [6.45, 7) is 5.08. The molecule has 28 heavy (non-hydrogen) atoms. The van der Waals surface area contributed by atoms with Crippen LogP contribution in [0.2, 0.25) is 0 Å². The van der Waals surface area contributed by atoms with Gasteiger partial charge in [-0.1, -0.05) is 12.1 Å². The Kier molecular flexibility index (Phi) is 7.47. The van der Waals surface area contributed by atoms with Crippen molar-refractivity contribution in [2.24, 2.45) is 5.73 Å². The van der Waals surface area contributed by atoms with Gasteiger partial charge in [0.25, 0.3) is 0 Å². The summed E-state index contributed by atoms with van der Waals surface area (Å²) in [7, 11) is 4.02. The number of rotatable bonds is 8. The van der Waals surface area contributed by atoms with Crippen molar-refractivity contribution in [3.63, 3.8) is 0 Å². The lowest BCUT2D eigenvalue weighted by molar-refractivity contribution is -0.139. The molecule has 1 aliphatic rings. The summed E-state index contributed by atoms with van der Waals surface area (Å²) in [4.78, 5) is 14.6. The van der Waals surface area contributed by atoms with E-state index in [0.29, 0.717) is 18.1 Å². The molecule has 1 aromatic rings. The molecular weight excluding hydrogens is 358 g/mol. The predicted octanol–water partition coefficient (Wildman–Crippen LogP) is 2.66. The SMILES string of the molecule is CCOC(=O)C1=C(C)OC(N)=C(C#N)C1c1cccc(OCCCN(C)C)c1. The van der Waals surface area contributed by atoms with Crippen LogP contribution in [-0.4, -0.2) is 44.7 Å². The smallest absolute Gasteiger partial charge is 0.338 e. The van der Waals surface area contributed by atoms with E-state index in [4.69, 9.17) is 19.9 Å². The highest BCUT2D eigenvalue weighted by molar-refractivity contribution is 5.92. The first-order chi connectivity index (χ1) is 13.4. The molecule has 0 fully saturated rings. The first kappa shape index (κ1) is 21.3. The van der Waals surface area contributed by atoms with Crippen molar-refractivity contribution in [3.8, 4) is 11.8 Å². The zero-order chi connectivity index (χ0) is 20.7. The molecule has 0 saturated heterocycles. The van der Waals surface area contributed by atoms with Gasteiger partial charge in [-0.05, 0) is 52.1 Å². The van der Waals surface area contributed by atoms with E-state index >= 15 is 0 Å². The fraction of sp³-hybridized carbons (Fsp3) is 0.429. The molecule has 0 spiro atoms. The van der Waals surface area contributed by atoms with Crippen LogP contribution in [0.15, 0.2) is 47.1 Å². The van der Waals surface area contributed by atoms with Gasteiger partial charge in [-0.2, -0.15) is 5.26 Å². The second-order valence-corrected chi connectivity index (χ2v) is 6.69. The largest absolute Gasteiger partial charge is 0.494 e. The normalized spacial score (nSPS) is 16.6. The van der Waals surface area contributed by atoms with E-state index in [0.717, 1.165) is 18.5 Å². The molecule has 0 bridgehead atoms. The van der Waals surface area contributed by atoms with Crippen LogP contribution in [0.25, 0.3) is 0 Å². The van der Waals surface area contributed by atoms with Crippen molar-refractivity contribution in [2.45, 2.75) is 26.2 Å². The number of benzene rings is 1. The van der Waals surface area contributed by atoms with Gasteiger partial charge in [0, 0.05) is 6.54 Å². The molecule has 1 atom stereocenters. The lowest BCUT2D eigenvalue weighted by Crippen LogP contribution is -2.25. The molecule has 0 aromatic heterocycles. The van der Waals surface area contributed by atoms with Gasteiger partial charge in [0.2, 0.25) is 5.88 Å². The maximum absolute atomic E-state index is 12.6. The Balaban J connectivity index is 2.35. The van der Waals surface area contributed by atoms with Crippen LogP contribution in [0.4, 0.5) is 0 Å². The van der Waals surface area contributed by atoms with Crippen molar-refractivity contribution in [1.82, 2.24) is 4.90 Å². The minimum Gasteiger partial charge on any atom is -0.494 e. The van der Waals surface area contributed by atoms with Crippen molar-refractivity contribution in [3.05, 3.63) is 52.6 Å². The predicted molar refractivity (Wildman–Crippen MR) is 105 cm³/mol. The van der Waals surface area contributed by atoms with Crippen LogP contribution < -0.4 is 10.5 Å². The Morgan fingerprint density at radius 3 is 2.79 bits per heavy atom. The van der Waals surface area contributed by atoms with Crippen LogP contribution in [-0.2, 0) is 14.3 Å². The summed E-state index contributed by atoms with van der Waals surface area (Å²) < 4.78 is 16.4. The maximum Gasteiger partial charge on any atom is 0.338 e. The summed E-state index contributed by atoms with van der Waals surface area (Å²) >= 11 is 0. The van der Waals surface area contributed by atoms with Gasteiger partial charge in [-0.15, -0.1) is 0 Å². The molecule has 0 amide bonds. The number of carbonyl (C=O) groups is 1. The quantitative estimate of drug-likeness (QED) is 0.543. The number of nitriles is 1. The van der Waals surface area contributed by atoms with Gasteiger partial charge in [0.15, 0.2) is 0 Å². The lowest BCUT2D eigenvalue weighted by atomic mass is 9.83. The first-order valence-electron chi connectivity index (χ1n) is 9.22. The summed E-state index contributed by atoms with van der Waals surface area (Å²) in [5.41, 5.74) is 7.09. The number of carbonyl (C=O) groups excluding carboxylic acids is 1. The molecule has 2 rings (SSSR count). The second-order valence-electron chi connectivity index (χ2n) is 6.69. The Labute approximate surface area is 166 Å². The zero-order valence-electron chi connectivity index (χ0n) is 16.8. The van der Waals surface area contributed by atoms with E-state index in [1.54, 1.807) is 13.8 Å². The number of ether oxygens (including phenoxy) is 3. The average Bonchev–Trinajstić information content (AvgIpc) is 2.65. The summed E-state index contributed by atoms with van der Waals surface area (Å²) in [5.74, 6) is -0.197. The fourth-order valence-corrected chi connectivity index (χ4v) is 3.04. The number of hydrogen-bond donors (Lipinski definition) is 1. The van der Waals surface area contributed by atoms with E-state index in [1.807, 2.05) is 38.4 Å². The van der Waals surface area contributed by atoms with Gasteiger partial charge in [0.1, 0.15) is 23.2 Å². The van der Waals surface area contributed by atoms with Crippen LogP contribution >= 0.6 is 0 Å². The molecule has 7 nitrogen and oxygen atoms in total. The van der Waals surface area contributed by atoms with E-state index in [2.05, 4.69) is 11.0 Å². The topological polar surface area (TPSA) is 97.8 Å². The Morgan fingerprint density at radius 2 is 2.14 bits per heavy atom. The van der Waals surface area contributed by atoms with Crippen LogP contribution in [0.1, 0.15) is 31.7 Å². The standard InChI is InChI=1S/C21H27N3O4/c1-5-26-21(25)18-14(2)28-20(23)17(13-22)19(18)15-8-6-9-16(12-15)27-11-7-10-24(3)4/h6,8-9,12,19H,5,7,10-11,23H2,1-4H3. The molecule has 1 aliphatic heterocycles. The molecule has 7 heteroatoms. The second kappa shape index (κ2) is 9.81. The zero-order valence-corrected chi connectivity index (χ0v) is 16.8. The molecule has 1 heterocycles. The molecule has 0 aliphatic carbocycles. The summed E-state index contributed by atoms with van der Waals surface area (Å²) in [5, 5.41) is 9.63. The lowest BCUT2D eigenvalue weighted by Gasteiger charge is -2.27. The van der Waals surface area contributed by atoms with Gasteiger partial charge < -0.3 is 24.8 Å². The van der Waals surface area contributed by atoms with Crippen molar-refractivity contribution in [2.75, 3.05) is 33.9 Å². The third-order valence-electron chi connectivity index (χ3n) is 4.31. The molecular formula is C21H27N3O4. The van der Waals surface area contributed by atoms with Gasteiger partial charge in [-0.25, -0.2) is 4.79 Å². The Bertz CT molecular complexity index is 821. The van der Waals surface area contributed by atoms with Crippen molar-refractivity contribution in [1.29, 1.82) is 5.26 Å². The fourth-order valence-electron chi connectivity index (χ4n) is 3.04. The summed E-state index contributed by atoms with van der Waals surface area (Å²) in [6, 6.07) is 9.40. The van der Waals surface area contributed by atoms with E-state index < -0.39 is 11.9 Å². The van der Waals surface area contributed by atoms with Crippen molar-refractivity contribution < 1.29 is 19.0 Å². The van der Waals surface area contributed by atoms with E-state index in [1.165, 1.54) is 0 Å². The maximum atomic E-state index is 12.6. The van der Waals surface area contributed by atoms with Crippen LogP contribution in [0.5, 0.6) is 5.75 Å². The third-order valence-corrected chi connectivity index (χ3v) is 4.31. The third kappa shape index (κ3) is 5.05. The molecule has 2 N–H and O–H groups in total. The van der Waals surface area contributed by atoms with Crippen molar-refractivity contribution >= 4 is 5.97 Å². The number of allylic oxidation sites excluding steroid dienone is 2. The van der Waals surface area contributed by atoms with Gasteiger partial charge >= 0.3 is 5.97 Å². The molecule has 1 aromatic carbocycles. The van der Waals surface area contributed by atoms with E-state index in [9.17, 15) is 10.1 Å². The van der Waals surface area contributed by atoms with Crippen LogP contribution in [0.3, 0.4) is 0 Å². The van der Waals surface area contributed by atoms with Gasteiger partial charge in [0.05, 0.1) is 24.7 Å². The molecule has 1 unspecified atom stereocenters. The highest BCUT2D eigenvalue weighted by Gasteiger charge is 2.36. The molecule has 150 valence electrons. The average molecular weight is 385 g/mol. The monoisotopic (exact) mass is 385 g/mol. The highest BCUT2D eigenvalue weighted by atomic mass is 16.5. The molecule has 0 radical (unpaired) electrons. The highest BCUT2D eigenvalue weighted by Crippen LogP contribution is 2.40. The minimum atomic E-state index is -0.664. The first-order valence-corrected chi connectivity index (χ1v) is 9.22.